The Balaban J connectivity index is 1.79. The molecule has 1 amide bonds. The lowest BCUT2D eigenvalue weighted by Crippen LogP contribution is -2.32. The van der Waals surface area contributed by atoms with Gasteiger partial charge in [0.25, 0.3) is 0 Å². The van der Waals surface area contributed by atoms with Crippen LogP contribution in [-0.4, -0.2) is 41.4 Å². The van der Waals surface area contributed by atoms with Crippen LogP contribution in [0.1, 0.15) is 40.0 Å². The Morgan fingerprint density at radius 3 is 2.88 bits per heavy atom. The minimum Gasteiger partial charge on any atom is -0.363 e. The Kier molecular flexibility index (Phi) is 4.85. The number of nitrogens with zero attached hydrogens (tertiary/aromatic N) is 4. The van der Waals surface area contributed by atoms with Gasteiger partial charge < -0.3 is 9.80 Å². The first-order chi connectivity index (χ1) is 11.5. The minimum absolute atomic E-state index is 0.161. The summed E-state index contributed by atoms with van der Waals surface area (Å²) in [6, 6.07) is 4.29. The first-order valence-corrected chi connectivity index (χ1v) is 9.13. The number of amides is 1. The lowest BCUT2D eigenvalue weighted by Gasteiger charge is -2.26. The highest BCUT2D eigenvalue weighted by Gasteiger charge is 2.30. The summed E-state index contributed by atoms with van der Waals surface area (Å²) in [6.45, 7) is 4.81. The van der Waals surface area contributed by atoms with E-state index in [9.17, 15) is 4.79 Å². The van der Waals surface area contributed by atoms with E-state index in [1.807, 2.05) is 50.0 Å². The molecular formula is C18H24N4OS. The van der Waals surface area contributed by atoms with Crippen LogP contribution in [-0.2, 0) is 11.2 Å². The Bertz CT molecular complexity index is 740. The number of aromatic nitrogens is 2. The topological polar surface area (TPSA) is 49.3 Å². The van der Waals surface area contributed by atoms with Gasteiger partial charge in [0.1, 0.15) is 5.82 Å². The van der Waals surface area contributed by atoms with Crippen molar-refractivity contribution >= 4 is 23.1 Å². The summed E-state index contributed by atoms with van der Waals surface area (Å²) in [4.78, 5) is 26.8. The summed E-state index contributed by atoms with van der Waals surface area (Å²) in [5.41, 5.74) is 2.16. The van der Waals surface area contributed by atoms with E-state index in [1.54, 1.807) is 11.3 Å². The van der Waals surface area contributed by atoms with E-state index in [2.05, 4.69) is 16.0 Å². The molecule has 5 nitrogen and oxygen atoms in total. The molecule has 1 fully saturated rings. The molecule has 1 atom stereocenters. The van der Waals surface area contributed by atoms with Crippen LogP contribution in [0.5, 0.6) is 0 Å². The molecule has 1 aliphatic heterocycles. The Hall–Kier alpha value is -1.95. The Morgan fingerprint density at radius 1 is 1.42 bits per heavy atom. The number of aryl methyl sites for hydroxylation is 2. The number of pyridine rings is 1. The molecule has 6 heteroatoms. The standard InChI is InChI=1S/C18H24N4OS/c1-12-16(24-13(2)20-12)11-18(23)22-9-5-6-15(22)14-7-8-19-17(10-14)21(3)4/h7-8,10,15H,5-6,9,11H2,1-4H3/t15-/m1/s1. The average molecular weight is 344 g/mol. The van der Waals surface area contributed by atoms with Crippen molar-refractivity contribution in [2.75, 3.05) is 25.5 Å². The number of thiazole rings is 1. The Labute approximate surface area is 147 Å². The van der Waals surface area contributed by atoms with Crippen molar-refractivity contribution in [1.82, 2.24) is 14.9 Å². The maximum Gasteiger partial charge on any atom is 0.228 e. The second kappa shape index (κ2) is 6.89. The molecule has 0 unspecified atom stereocenters. The highest BCUT2D eigenvalue weighted by Crippen LogP contribution is 2.33. The fourth-order valence-corrected chi connectivity index (χ4v) is 4.20. The van der Waals surface area contributed by atoms with E-state index in [4.69, 9.17) is 0 Å². The van der Waals surface area contributed by atoms with Gasteiger partial charge in [-0.25, -0.2) is 9.97 Å². The normalized spacial score (nSPS) is 17.3. The van der Waals surface area contributed by atoms with E-state index >= 15 is 0 Å². The average Bonchev–Trinajstić information content (AvgIpc) is 3.14. The number of hydrogen-bond acceptors (Lipinski definition) is 5. The second-order valence-corrected chi connectivity index (χ2v) is 7.79. The highest BCUT2D eigenvalue weighted by atomic mass is 32.1. The second-order valence-electron chi connectivity index (χ2n) is 6.51. The van der Waals surface area contributed by atoms with Gasteiger partial charge in [-0.15, -0.1) is 11.3 Å². The van der Waals surface area contributed by atoms with Gasteiger partial charge in [0, 0.05) is 31.7 Å². The van der Waals surface area contributed by atoms with Crippen LogP contribution in [0.3, 0.4) is 0 Å². The molecule has 0 saturated carbocycles. The zero-order chi connectivity index (χ0) is 17.3. The number of rotatable bonds is 4. The third-order valence-corrected chi connectivity index (χ3v) is 5.57. The van der Waals surface area contributed by atoms with Gasteiger partial charge >= 0.3 is 0 Å². The van der Waals surface area contributed by atoms with Crippen LogP contribution >= 0.6 is 11.3 Å². The fourth-order valence-electron chi connectivity index (χ4n) is 3.27. The summed E-state index contributed by atoms with van der Waals surface area (Å²) >= 11 is 1.63. The number of likely N-dealkylation sites (tertiary alicyclic amines) is 1. The lowest BCUT2D eigenvalue weighted by molar-refractivity contribution is -0.131. The third-order valence-electron chi connectivity index (χ3n) is 4.50. The summed E-state index contributed by atoms with van der Waals surface area (Å²) in [5.74, 6) is 1.13. The molecule has 0 aliphatic carbocycles. The fraction of sp³-hybridized carbons (Fsp3) is 0.500. The molecule has 3 rings (SSSR count). The maximum absolute atomic E-state index is 12.9. The minimum atomic E-state index is 0.161. The Morgan fingerprint density at radius 2 is 2.21 bits per heavy atom. The lowest BCUT2D eigenvalue weighted by atomic mass is 10.1. The van der Waals surface area contributed by atoms with E-state index in [-0.39, 0.29) is 11.9 Å². The largest absolute Gasteiger partial charge is 0.363 e. The zero-order valence-corrected chi connectivity index (χ0v) is 15.6. The third kappa shape index (κ3) is 3.43. The van der Waals surface area contributed by atoms with Gasteiger partial charge in [-0.05, 0) is 44.4 Å². The summed E-state index contributed by atoms with van der Waals surface area (Å²) in [7, 11) is 3.97. The van der Waals surface area contributed by atoms with E-state index < -0.39 is 0 Å². The molecule has 1 aliphatic rings. The van der Waals surface area contributed by atoms with Crippen LogP contribution in [0, 0.1) is 13.8 Å². The summed E-state index contributed by atoms with van der Waals surface area (Å²) < 4.78 is 0. The van der Waals surface area contributed by atoms with Crippen LogP contribution in [0.15, 0.2) is 18.3 Å². The quantitative estimate of drug-likeness (QED) is 0.855. The molecule has 0 spiro atoms. The van der Waals surface area contributed by atoms with Crippen molar-refractivity contribution in [2.45, 2.75) is 39.2 Å². The molecule has 0 radical (unpaired) electrons. The van der Waals surface area contributed by atoms with Crippen molar-refractivity contribution in [3.8, 4) is 0 Å². The predicted octanol–water partition coefficient (Wildman–Crippen LogP) is 3.13. The molecule has 0 aromatic carbocycles. The summed E-state index contributed by atoms with van der Waals surface area (Å²) in [5, 5.41) is 1.03. The van der Waals surface area contributed by atoms with Gasteiger partial charge in [-0.1, -0.05) is 0 Å². The number of anilines is 1. The zero-order valence-electron chi connectivity index (χ0n) is 14.7. The highest BCUT2D eigenvalue weighted by molar-refractivity contribution is 7.11. The number of carbonyl (C=O) groups excluding carboxylic acids is 1. The van der Waals surface area contributed by atoms with Crippen molar-refractivity contribution < 1.29 is 4.79 Å². The molecule has 1 saturated heterocycles. The van der Waals surface area contributed by atoms with Crippen LogP contribution in [0.4, 0.5) is 5.82 Å². The monoisotopic (exact) mass is 344 g/mol. The number of hydrogen-bond donors (Lipinski definition) is 0. The van der Waals surface area contributed by atoms with Gasteiger partial charge in [0.05, 0.1) is 23.2 Å². The molecule has 2 aromatic rings. The van der Waals surface area contributed by atoms with E-state index in [1.165, 1.54) is 5.56 Å². The predicted molar refractivity (Wildman–Crippen MR) is 97.5 cm³/mol. The maximum atomic E-state index is 12.9. The van der Waals surface area contributed by atoms with Crippen molar-refractivity contribution in [3.63, 3.8) is 0 Å². The molecule has 0 N–H and O–H groups in total. The SMILES string of the molecule is Cc1nc(C)c(CC(=O)N2CCC[C@@H]2c2ccnc(N(C)C)c2)s1. The molecule has 0 bridgehead atoms. The van der Waals surface area contributed by atoms with Gasteiger partial charge in [0.15, 0.2) is 0 Å². The van der Waals surface area contributed by atoms with Crippen LogP contribution in [0.2, 0.25) is 0 Å². The first-order valence-electron chi connectivity index (χ1n) is 8.31. The molecule has 2 aromatic heterocycles. The molecule has 128 valence electrons. The van der Waals surface area contributed by atoms with Gasteiger partial charge in [0.2, 0.25) is 5.91 Å². The first kappa shape index (κ1) is 16.9. The summed E-state index contributed by atoms with van der Waals surface area (Å²) in [6.07, 6.45) is 4.36. The van der Waals surface area contributed by atoms with Crippen molar-refractivity contribution in [2.24, 2.45) is 0 Å². The smallest absolute Gasteiger partial charge is 0.228 e. The van der Waals surface area contributed by atoms with Crippen LogP contribution < -0.4 is 4.90 Å². The molecular weight excluding hydrogens is 320 g/mol. The van der Waals surface area contributed by atoms with Crippen molar-refractivity contribution in [3.05, 3.63) is 39.5 Å². The van der Waals surface area contributed by atoms with Crippen LogP contribution in [0.25, 0.3) is 0 Å². The van der Waals surface area contributed by atoms with Gasteiger partial charge in [-0.3, -0.25) is 4.79 Å². The van der Waals surface area contributed by atoms with Crippen molar-refractivity contribution in [1.29, 1.82) is 0 Å². The van der Waals surface area contributed by atoms with E-state index in [0.29, 0.717) is 6.42 Å². The number of carbonyl (C=O) groups is 1. The molecule has 3 heterocycles. The van der Waals surface area contributed by atoms with Gasteiger partial charge in [-0.2, -0.15) is 0 Å². The van der Waals surface area contributed by atoms with E-state index in [0.717, 1.165) is 40.8 Å². The molecule has 24 heavy (non-hydrogen) atoms.